The van der Waals surface area contributed by atoms with E-state index < -0.39 is 18.6 Å². The van der Waals surface area contributed by atoms with Crippen LogP contribution in [0.3, 0.4) is 0 Å². The molecule has 1 aromatic heterocycles. The Balaban J connectivity index is 2.18. The fourth-order valence-electron chi connectivity index (χ4n) is 1.10. The van der Waals surface area contributed by atoms with Crippen LogP contribution in [-0.2, 0) is 16.0 Å². The lowest BCUT2D eigenvalue weighted by Gasteiger charge is -2.06. The van der Waals surface area contributed by atoms with Gasteiger partial charge in [-0.1, -0.05) is 0 Å². The van der Waals surface area contributed by atoms with Crippen LogP contribution in [0.1, 0.15) is 18.4 Å². The van der Waals surface area contributed by atoms with Crippen LogP contribution in [0.4, 0.5) is 13.2 Å². The lowest BCUT2D eigenvalue weighted by Crippen LogP contribution is -2.12. The van der Waals surface area contributed by atoms with Gasteiger partial charge in [-0.15, -0.1) is 0 Å². The Morgan fingerprint density at radius 2 is 1.94 bits per heavy atom. The smallest absolute Gasteiger partial charge is 0.389 e. The SMILES string of the molecule is O=C(Cc1cncnc1)OCCCC(F)(F)F. The second kappa shape index (κ2) is 6.17. The second-order valence-electron chi connectivity index (χ2n) is 3.36. The number of carbonyl (C=O) groups is 1. The van der Waals surface area contributed by atoms with Crippen molar-refractivity contribution in [2.75, 3.05) is 6.61 Å². The van der Waals surface area contributed by atoms with Crippen molar-refractivity contribution in [2.45, 2.75) is 25.4 Å². The minimum absolute atomic E-state index is 0.0349. The lowest BCUT2D eigenvalue weighted by molar-refractivity contribution is -0.149. The molecular formula is C10H11F3N2O2. The lowest BCUT2D eigenvalue weighted by atomic mass is 10.2. The van der Waals surface area contributed by atoms with Gasteiger partial charge in [-0.25, -0.2) is 9.97 Å². The maximum atomic E-state index is 11.8. The van der Waals surface area contributed by atoms with Gasteiger partial charge in [0.05, 0.1) is 13.0 Å². The average Bonchev–Trinajstić information content (AvgIpc) is 2.25. The van der Waals surface area contributed by atoms with Gasteiger partial charge in [-0.3, -0.25) is 4.79 Å². The first-order valence-corrected chi connectivity index (χ1v) is 4.93. The van der Waals surface area contributed by atoms with Crippen molar-refractivity contribution >= 4 is 5.97 Å². The Morgan fingerprint density at radius 3 is 2.53 bits per heavy atom. The van der Waals surface area contributed by atoms with E-state index in [2.05, 4.69) is 14.7 Å². The van der Waals surface area contributed by atoms with Crippen LogP contribution in [0.15, 0.2) is 18.7 Å². The van der Waals surface area contributed by atoms with Crippen LogP contribution >= 0.6 is 0 Å². The van der Waals surface area contributed by atoms with Crippen LogP contribution in [0.25, 0.3) is 0 Å². The fraction of sp³-hybridized carbons (Fsp3) is 0.500. The molecule has 0 aliphatic heterocycles. The highest BCUT2D eigenvalue weighted by Crippen LogP contribution is 2.21. The zero-order valence-electron chi connectivity index (χ0n) is 8.91. The molecule has 0 saturated heterocycles. The van der Waals surface area contributed by atoms with Gasteiger partial charge in [-0.05, 0) is 12.0 Å². The Morgan fingerprint density at radius 1 is 1.29 bits per heavy atom. The Hall–Kier alpha value is -1.66. The molecule has 1 rings (SSSR count). The summed E-state index contributed by atoms with van der Waals surface area (Å²) in [5.74, 6) is -0.582. The van der Waals surface area contributed by atoms with Crippen molar-refractivity contribution in [3.05, 3.63) is 24.3 Å². The molecule has 1 heterocycles. The fourth-order valence-corrected chi connectivity index (χ4v) is 1.10. The van der Waals surface area contributed by atoms with Gasteiger partial charge in [-0.2, -0.15) is 13.2 Å². The van der Waals surface area contributed by atoms with Crippen molar-refractivity contribution < 1.29 is 22.7 Å². The molecular weight excluding hydrogens is 237 g/mol. The van der Waals surface area contributed by atoms with Gasteiger partial charge < -0.3 is 4.74 Å². The predicted molar refractivity (Wildman–Crippen MR) is 52.0 cm³/mol. The van der Waals surface area contributed by atoms with Gasteiger partial charge in [0, 0.05) is 18.8 Å². The highest BCUT2D eigenvalue weighted by Gasteiger charge is 2.26. The number of nitrogens with zero attached hydrogens (tertiary/aromatic N) is 2. The molecule has 0 aliphatic carbocycles. The van der Waals surface area contributed by atoms with E-state index in [1.807, 2.05) is 0 Å². The Bertz CT molecular complexity index is 354. The molecule has 0 bridgehead atoms. The number of alkyl halides is 3. The Labute approximate surface area is 95.8 Å². The summed E-state index contributed by atoms with van der Waals surface area (Å²) in [4.78, 5) is 18.6. The minimum Gasteiger partial charge on any atom is -0.465 e. The standard InChI is InChI=1S/C10H11F3N2O2/c11-10(12,13)2-1-3-17-9(16)4-8-5-14-7-15-6-8/h5-7H,1-4H2. The van der Waals surface area contributed by atoms with Crippen molar-refractivity contribution in [2.24, 2.45) is 0 Å². The average molecular weight is 248 g/mol. The summed E-state index contributed by atoms with van der Waals surface area (Å²) in [5.41, 5.74) is 0.563. The zero-order chi connectivity index (χ0) is 12.7. The monoisotopic (exact) mass is 248 g/mol. The van der Waals surface area contributed by atoms with Crippen LogP contribution in [0.2, 0.25) is 0 Å². The summed E-state index contributed by atoms with van der Waals surface area (Å²) in [6.07, 6.45) is -1.20. The van der Waals surface area contributed by atoms with E-state index >= 15 is 0 Å². The molecule has 1 aromatic rings. The molecule has 0 N–H and O–H groups in total. The summed E-state index contributed by atoms with van der Waals surface area (Å²) < 4.78 is 40.0. The molecule has 0 spiro atoms. The molecule has 0 amide bonds. The van der Waals surface area contributed by atoms with Crippen molar-refractivity contribution in [3.63, 3.8) is 0 Å². The maximum Gasteiger partial charge on any atom is 0.389 e. The number of carbonyl (C=O) groups excluding carboxylic acids is 1. The molecule has 0 unspecified atom stereocenters. The van der Waals surface area contributed by atoms with E-state index in [0.717, 1.165) is 0 Å². The summed E-state index contributed by atoms with van der Waals surface area (Å²) >= 11 is 0. The van der Waals surface area contributed by atoms with Crippen LogP contribution in [0.5, 0.6) is 0 Å². The van der Waals surface area contributed by atoms with Gasteiger partial charge in [0.1, 0.15) is 6.33 Å². The third-order valence-corrected chi connectivity index (χ3v) is 1.83. The number of hydrogen-bond donors (Lipinski definition) is 0. The first-order chi connectivity index (χ1) is 7.97. The van der Waals surface area contributed by atoms with Crippen LogP contribution in [0, 0.1) is 0 Å². The Kier molecular flexibility index (Phi) is 4.86. The van der Waals surface area contributed by atoms with Crippen LogP contribution < -0.4 is 0 Å². The first-order valence-electron chi connectivity index (χ1n) is 4.93. The number of rotatable bonds is 5. The molecule has 0 aliphatic rings. The second-order valence-corrected chi connectivity index (χ2v) is 3.36. The molecule has 0 saturated carbocycles. The largest absolute Gasteiger partial charge is 0.465 e. The van der Waals surface area contributed by atoms with Gasteiger partial charge in [0.2, 0.25) is 0 Å². The summed E-state index contributed by atoms with van der Waals surface area (Å²) in [6.45, 7) is -0.230. The highest BCUT2D eigenvalue weighted by molar-refractivity contribution is 5.72. The number of ether oxygens (including phenoxy) is 1. The normalized spacial score (nSPS) is 11.2. The van der Waals surface area contributed by atoms with E-state index in [4.69, 9.17) is 0 Å². The molecule has 0 atom stereocenters. The molecule has 7 heteroatoms. The van der Waals surface area contributed by atoms with Crippen molar-refractivity contribution in [3.8, 4) is 0 Å². The molecule has 0 radical (unpaired) electrons. The topological polar surface area (TPSA) is 52.1 Å². The van der Waals surface area contributed by atoms with E-state index in [1.54, 1.807) is 0 Å². The van der Waals surface area contributed by atoms with E-state index in [0.29, 0.717) is 5.56 Å². The van der Waals surface area contributed by atoms with Gasteiger partial charge >= 0.3 is 12.1 Å². The molecule has 17 heavy (non-hydrogen) atoms. The number of esters is 1. The molecule has 0 aromatic carbocycles. The number of halogens is 3. The minimum atomic E-state index is -4.21. The first kappa shape index (κ1) is 13.4. The summed E-state index contributed by atoms with van der Waals surface area (Å²) in [7, 11) is 0. The quantitative estimate of drug-likeness (QED) is 0.590. The van der Waals surface area contributed by atoms with Crippen LogP contribution in [-0.4, -0.2) is 28.7 Å². The summed E-state index contributed by atoms with van der Waals surface area (Å²) in [5, 5.41) is 0. The molecule has 4 nitrogen and oxygen atoms in total. The molecule has 0 fully saturated rings. The van der Waals surface area contributed by atoms with E-state index in [1.165, 1.54) is 18.7 Å². The third kappa shape index (κ3) is 6.49. The third-order valence-electron chi connectivity index (χ3n) is 1.83. The highest BCUT2D eigenvalue weighted by atomic mass is 19.4. The van der Waals surface area contributed by atoms with Gasteiger partial charge in [0.25, 0.3) is 0 Å². The summed E-state index contributed by atoms with van der Waals surface area (Å²) in [6, 6.07) is 0. The predicted octanol–water partition coefficient (Wildman–Crippen LogP) is 1.90. The number of hydrogen-bond acceptors (Lipinski definition) is 4. The van der Waals surface area contributed by atoms with E-state index in [-0.39, 0.29) is 19.4 Å². The van der Waals surface area contributed by atoms with Gasteiger partial charge in [0.15, 0.2) is 0 Å². The molecule has 94 valence electrons. The number of aromatic nitrogens is 2. The van der Waals surface area contributed by atoms with Crippen molar-refractivity contribution in [1.29, 1.82) is 0 Å². The van der Waals surface area contributed by atoms with Crippen molar-refractivity contribution in [1.82, 2.24) is 9.97 Å². The zero-order valence-corrected chi connectivity index (χ0v) is 8.91. The maximum absolute atomic E-state index is 11.8. The van der Waals surface area contributed by atoms with E-state index in [9.17, 15) is 18.0 Å².